The number of nitrogens with two attached hydrogens (primary N) is 5. The summed E-state index contributed by atoms with van der Waals surface area (Å²) in [6.07, 6.45) is 10.3. The molecule has 8 fully saturated rings. The first kappa shape index (κ1) is 92.2. The smallest absolute Gasteiger partial charge is 0.351 e. The summed E-state index contributed by atoms with van der Waals surface area (Å²) in [4.78, 5) is 124. The van der Waals surface area contributed by atoms with Crippen molar-refractivity contribution in [3.05, 3.63) is 176 Å². The third-order valence-corrected chi connectivity index (χ3v) is 24.6. The molecule has 8 aliphatic rings. The fourth-order valence-corrected chi connectivity index (χ4v) is 18.0. The van der Waals surface area contributed by atoms with Crippen molar-refractivity contribution in [3.63, 3.8) is 0 Å². The zero-order chi connectivity index (χ0) is 92.6. The Labute approximate surface area is 747 Å². The molecular formula is C86H107N25O20. The summed E-state index contributed by atoms with van der Waals surface area (Å²) in [5, 5.41) is 46.1. The Morgan fingerprint density at radius 3 is 1.36 bits per heavy atom. The average molecular weight is 1810 g/mol. The first-order chi connectivity index (χ1) is 62.9. The number of hydrogen-bond acceptors (Lipinski definition) is 37. The van der Waals surface area contributed by atoms with Gasteiger partial charge in [-0.15, -0.1) is 0 Å². The predicted molar refractivity (Wildman–Crippen MR) is 467 cm³/mol. The Morgan fingerprint density at radius 2 is 0.885 bits per heavy atom. The molecular weight excluding hydrogens is 1700 g/mol. The maximum Gasteiger partial charge on any atom is 0.351 e. The van der Waals surface area contributed by atoms with Crippen molar-refractivity contribution >= 4 is 86.5 Å². The summed E-state index contributed by atoms with van der Waals surface area (Å²) in [7, 11) is 0. The monoisotopic (exact) mass is 1810 g/mol. The highest BCUT2D eigenvalue weighted by molar-refractivity contribution is 6.07. The van der Waals surface area contributed by atoms with Crippen LogP contribution in [0.15, 0.2) is 132 Å². The second-order valence-corrected chi connectivity index (χ2v) is 34.3. The molecule has 45 nitrogen and oxygen atoms in total. The molecule has 16 N–H and O–H groups in total. The van der Waals surface area contributed by atoms with Crippen LogP contribution in [0.1, 0.15) is 188 Å². The molecule has 696 valence electrons. The normalized spacial score (nSPS) is 28.5. The van der Waals surface area contributed by atoms with Crippen LogP contribution in [0.25, 0.3) is 33.5 Å². The van der Waals surface area contributed by atoms with Crippen molar-refractivity contribution in [1.82, 2.24) is 87.2 Å². The summed E-state index contributed by atoms with van der Waals surface area (Å²) in [6.45, 7) is 15.7. The van der Waals surface area contributed by atoms with Gasteiger partial charge in [0, 0.05) is 59.4 Å². The van der Waals surface area contributed by atoms with E-state index in [1.54, 1.807) is 90.2 Å². The van der Waals surface area contributed by atoms with Gasteiger partial charge in [0.25, 0.3) is 11.8 Å². The number of aliphatic hydroxyl groups excluding tert-OH is 4. The molecule has 0 saturated carbocycles. The van der Waals surface area contributed by atoms with E-state index >= 15 is 0 Å². The van der Waals surface area contributed by atoms with Gasteiger partial charge in [-0.2, -0.15) is 15.0 Å². The molecule has 131 heavy (non-hydrogen) atoms. The van der Waals surface area contributed by atoms with Crippen LogP contribution >= 0.6 is 0 Å². The summed E-state index contributed by atoms with van der Waals surface area (Å²) in [6, 6.07) is 17.7. The largest absolute Gasteiger partial charge is 0.394 e. The number of aldehydes is 1. The van der Waals surface area contributed by atoms with Gasteiger partial charge < -0.3 is 112 Å². The lowest BCUT2D eigenvalue weighted by molar-refractivity contribution is -0.197. The number of nitrogen functional groups attached to an aromatic ring is 4. The van der Waals surface area contributed by atoms with Crippen LogP contribution in [0, 0.1) is 11.8 Å². The number of hydrogen-bond donors (Lipinski definition) is 11. The summed E-state index contributed by atoms with van der Waals surface area (Å²) >= 11 is 0. The lowest BCUT2D eigenvalue weighted by atomic mass is 10.0. The number of carbonyl (C=O) groups excluding carboxylic acids is 3. The zero-order valence-electron chi connectivity index (χ0n) is 73.1. The van der Waals surface area contributed by atoms with Crippen LogP contribution in [-0.2, 0) is 71.5 Å². The number of amides is 2. The highest BCUT2D eigenvalue weighted by atomic mass is 16.8. The standard InChI is InChI=1S/C33H40N8O6.C21H28N8O7.C20H19N5O5.C12H20N4O2/c1-5-21-18(2)14-23(44-21)40-15-20(27(34)38-32(40)43)12-9-13-22-25-26(47-33(3,4)46-25)31(45-22)41-17-37-24-28(35-16-36-29(24)41)39-30(42)19-10-7-6-8-11-19;22-17-9(5-28(21(34)27-17)13-4-10(31)12(6-30)35-13)2-1-3-11-15(32)16(33)20(36-11)29-8-26-14-18(23)24-7-25-19(14)29;1-20(2)29-14-12(8-26)28-19(15(14)30-20)25-10-23-13-16(21-9-22-17(13)25)24-18(27)11-6-4-3-5-7-11;1-3-9-7(2)4-10(18-9)16-6-8(5-13)11(14)15-12(16)17/h6-8,10-11,15-18,21-23,25-26,31H,5,9,12-14H2,1-4H3,(H2,34,38,43)(H,35,36,39,42);5,7-8,10-13,15-16,20,30-33H,1-4,6H2,(H2,22,27,34)(H2,23,24,25);3-10,12,14-15,19H,1-2H3,(H,21,22,24,27);6-7,9-10H,3-5,13H2,1-2H3,(H2,14,15,17)/t18-,21+,22+,23+,25+,26+,31+;10-,11+,12+,13?,15+,16+,20+;12-,14-,15-,19-;7-,9+,10+/m0010/s1. The number of imidazole rings is 3. The first-order valence-electron chi connectivity index (χ1n) is 43.5. The molecule has 0 radical (unpaired) electrons. The Morgan fingerprint density at radius 1 is 0.473 bits per heavy atom. The number of rotatable bonds is 23. The lowest BCUT2D eigenvalue weighted by Gasteiger charge is -2.25. The zero-order valence-corrected chi connectivity index (χ0v) is 73.1. The van der Waals surface area contributed by atoms with E-state index in [0.717, 1.165) is 31.2 Å². The van der Waals surface area contributed by atoms with Gasteiger partial charge >= 0.3 is 17.1 Å². The predicted octanol–water partition coefficient (Wildman–Crippen LogP) is 4.13. The van der Waals surface area contributed by atoms with Crippen molar-refractivity contribution in [3.8, 4) is 0 Å². The molecule has 21 atom stereocenters. The number of aromatic nitrogens is 18. The summed E-state index contributed by atoms with van der Waals surface area (Å²) in [5.41, 5.74) is 33.4. The molecule has 17 heterocycles. The Hall–Kier alpha value is -12.1. The van der Waals surface area contributed by atoms with Crippen molar-refractivity contribution < 1.29 is 82.2 Å². The molecule has 9 aromatic heterocycles. The van der Waals surface area contributed by atoms with Crippen LogP contribution in [0.3, 0.4) is 0 Å². The minimum atomic E-state index is -1.22. The molecule has 8 saturated heterocycles. The Balaban J connectivity index is 0.000000134. The number of anilines is 6. The third kappa shape index (κ3) is 19.3. The van der Waals surface area contributed by atoms with Crippen LogP contribution in [-0.4, -0.2) is 223 Å². The van der Waals surface area contributed by atoms with Crippen molar-refractivity contribution in [2.45, 2.75) is 261 Å². The highest BCUT2D eigenvalue weighted by Crippen LogP contribution is 2.47. The first-order valence-corrected chi connectivity index (χ1v) is 43.5. The van der Waals surface area contributed by atoms with Crippen LogP contribution < -0.4 is 56.4 Å². The maximum atomic E-state index is 12.8. The molecule has 0 spiro atoms. The van der Waals surface area contributed by atoms with E-state index in [0.29, 0.717) is 118 Å². The molecule has 45 heteroatoms. The molecule has 19 rings (SSSR count). The van der Waals surface area contributed by atoms with E-state index in [2.05, 4.69) is 98.1 Å². The fourth-order valence-electron chi connectivity index (χ4n) is 18.0. The highest BCUT2D eigenvalue weighted by Gasteiger charge is 2.58. The Bertz CT molecular complexity index is 6120. The van der Waals surface area contributed by atoms with E-state index in [1.165, 1.54) is 51.5 Å². The fraction of sp³-hybridized carbons (Fsp3) is 0.512. The number of aliphatic hydroxyl groups is 4. The van der Waals surface area contributed by atoms with Crippen molar-refractivity contribution in [2.75, 3.05) is 40.2 Å². The number of nitrogens with zero attached hydrogens (tertiary/aromatic N) is 18. The molecule has 0 aliphatic carbocycles. The molecule has 0 bridgehead atoms. The van der Waals surface area contributed by atoms with E-state index in [9.17, 15) is 49.2 Å². The maximum absolute atomic E-state index is 12.8. The van der Waals surface area contributed by atoms with Gasteiger partial charge in [0.2, 0.25) is 0 Å². The van der Waals surface area contributed by atoms with Gasteiger partial charge in [0.1, 0.15) is 109 Å². The van der Waals surface area contributed by atoms with Gasteiger partial charge in [0.05, 0.1) is 56.1 Å². The summed E-state index contributed by atoms with van der Waals surface area (Å²) in [5.74, 6) is -0.183. The average Bonchev–Trinajstić information content (AvgIpc) is 1.58. The van der Waals surface area contributed by atoms with Gasteiger partial charge in [-0.25, -0.2) is 59.2 Å². The van der Waals surface area contributed by atoms with Gasteiger partial charge in [-0.3, -0.25) is 37.0 Å². The number of nitrogens with one attached hydrogen (secondary N) is 2. The summed E-state index contributed by atoms with van der Waals surface area (Å²) < 4.78 is 69.8. The number of fused-ring (bicyclic) bond motifs is 5. The van der Waals surface area contributed by atoms with Gasteiger partial charge in [-0.1, -0.05) is 64.1 Å². The SMILES string of the molecule is CC1(C)O[C@@H]2[C@H](O1)[C@@H](C=O)O[C@H]2n1cnc2c(NC(=O)c3ccccc3)ncnc21.CC[C@H]1O[C@@H](n2cc(CCC[C@H]3O[C@@H](n4cnc5c(NC(=O)c6ccccc6)ncnc54)[C@@H]4OC(C)(C)O[C@@H]43)c(N)nc2=O)C[C@@H]1C.CC[C@H]1O[C@@H](n2cc(CN)c(N)nc2=O)C[C@@H]1C.Nc1nc(=O)n(C2C[C@H](O)[C@@H](CO)O2)cc1CCC[C@H]1O[C@@H](n2cnc3c(N)ncnc32)[C@H](O)[C@@H]1O. The number of carbonyl (C=O) groups is 3. The third-order valence-electron chi connectivity index (χ3n) is 24.6. The lowest BCUT2D eigenvalue weighted by Crippen LogP contribution is -2.31. The second kappa shape index (κ2) is 38.8. The molecule has 8 aliphatic heterocycles. The second-order valence-electron chi connectivity index (χ2n) is 34.3. The molecule has 2 aromatic carbocycles. The quantitative estimate of drug-likeness (QED) is 0.0401. The number of benzene rings is 2. The number of aryl methyl sites for hydroxylation is 2. The van der Waals surface area contributed by atoms with Crippen molar-refractivity contribution in [2.24, 2.45) is 17.6 Å². The van der Waals surface area contributed by atoms with Crippen molar-refractivity contribution in [1.29, 1.82) is 0 Å². The molecule has 11 aromatic rings. The van der Waals surface area contributed by atoms with E-state index < -0.39 is 103 Å². The van der Waals surface area contributed by atoms with Crippen LogP contribution in [0.4, 0.5) is 34.9 Å². The minimum absolute atomic E-state index is 0.0708. The minimum Gasteiger partial charge on any atom is -0.394 e. The Kier molecular flexibility index (Phi) is 27.3. The van der Waals surface area contributed by atoms with Gasteiger partial charge in [-0.05, 0) is 128 Å². The van der Waals surface area contributed by atoms with Crippen LogP contribution in [0.2, 0.25) is 0 Å². The van der Waals surface area contributed by atoms with Gasteiger partial charge in [0.15, 0.2) is 82.0 Å². The van der Waals surface area contributed by atoms with E-state index in [1.807, 2.05) is 30.5 Å². The van der Waals surface area contributed by atoms with Crippen LogP contribution in [0.5, 0.6) is 0 Å². The number of ether oxygens (including phenoxy) is 10. The molecule has 1 unspecified atom stereocenters. The molecule has 2 amide bonds. The topological polar surface area (TPSA) is 614 Å². The van der Waals surface area contributed by atoms with E-state index in [4.69, 9.17) is 76.0 Å². The van der Waals surface area contributed by atoms with E-state index in [-0.39, 0.29) is 103 Å².